The molecule has 0 spiro atoms. The van der Waals surface area contributed by atoms with E-state index in [1.807, 2.05) is 13.1 Å². The molecule has 1 saturated carbocycles. The van der Waals surface area contributed by atoms with Crippen LogP contribution in [-0.4, -0.2) is 16.4 Å². The molecule has 3 N–H and O–H groups in total. The van der Waals surface area contributed by atoms with E-state index in [2.05, 4.69) is 76.6 Å². The van der Waals surface area contributed by atoms with Gasteiger partial charge in [-0.05, 0) is 30.9 Å². The Morgan fingerprint density at radius 1 is 0.964 bits per heavy atom. The van der Waals surface area contributed by atoms with Crippen LogP contribution in [0.25, 0.3) is 28.2 Å². The molecule has 5 rings (SSSR count). The number of imidazole rings is 1. The summed E-state index contributed by atoms with van der Waals surface area (Å²) in [6.07, 6.45) is 5.44. The summed E-state index contributed by atoms with van der Waals surface area (Å²) in [5.41, 5.74) is 13.9. The Labute approximate surface area is 165 Å². The van der Waals surface area contributed by atoms with Gasteiger partial charge in [0.2, 0.25) is 0 Å². The van der Waals surface area contributed by atoms with E-state index in [9.17, 15) is 0 Å². The number of anilines is 1. The normalized spacial score (nSPS) is 15.4. The van der Waals surface area contributed by atoms with Crippen LogP contribution < -0.4 is 11.1 Å². The van der Waals surface area contributed by atoms with Crippen molar-refractivity contribution in [3.8, 4) is 22.5 Å². The molecule has 0 aliphatic heterocycles. The predicted octanol–water partition coefficient (Wildman–Crippen LogP) is 5.05. The highest BCUT2D eigenvalue weighted by atomic mass is 15.0. The van der Waals surface area contributed by atoms with E-state index >= 15 is 0 Å². The molecule has 0 amide bonds. The minimum absolute atomic E-state index is 0.138. The molecule has 2 heterocycles. The first-order valence-corrected chi connectivity index (χ1v) is 9.83. The maximum absolute atomic E-state index is 6.50. The van der Waals surface area contributed by atoms with Gasteiger partial charge in [0.25, 0.3) is 0 Å². The summed E-state index contributed by atoms with van der Waals surface area (Å²) >= 11 is 0. The lowest BCUT2D eigenvalue weighted by molar-refractivity contribution is 0.253. The lowest BCUT2D eigenvalue weighted by atomic mass is 9.72. The molecule has 1 fully saturated rings. The van der Waals surface area contributed by atoms with Crippen molar-refractivity contribution >= 4 is 11.3 Å². The molecule has 1 aliphatic rings. The molecule has 2 aromatic carbocycles. The fourth-order valence-corrected chi connectivity index (χ4v) is 4.08. The monoisotopic (exact) mass is 368 g/mol. The molecule has 140 valence electrons. The Morgan fingerprint density at radius 3 is 2.36 bits per heavy atom. The Balaban J connectivity index is 1.67. The molecule has 0 atom stereocenters. The molecular formula is C24H24N4. The first kappa shape index (κ1) is 17.0. The van der Waals surface area contributed by atoms with E-state index in [1.54, 1.807) is 0 Å². The fourth-order valence-electron chi connectivity index (χ4n) is 4.08. The number of rotatable bonds is 4. The second-order valence-electron chi connectivity index (χ2n) is 7.66. The van der Waals surface area contributed by atoms with Gasteiger partial charge < -0.3 is 11.1 Å². The van der Waals surface area contributed by atoms with Gasteiger partial charge in [-0.15, -0.1) is 0 Å². The van der Waals surface area contributed by atoms with Crippen LogP contribution in [0.15, 0.2) is 72.9 Å². The summed E-state index contributed by atoms with van der Waals surface area (Å²) in [6, 6.07) is 23.3. The van der Waals surface area contributed by atoms with Gasteiger partial charge >= 0.3 is 0 Å². The van der Waals surface area contributed by atoms with Crippen LogP contribution in [0, 0.1) is 0 Å². The van der Waals surface area contributed by atoms with E-state index in [1.165, 1.54) is 12.0 Å². The van der Waals surface area contributed by atoms with Crippen LogP contribution >= 0.6 is 0 Å². The van der Waals surface area contributed by atoms with Crippen molar-refractivity contribution < 1.29 is 0 Å². The zero-order valence-corrected chi connectivity index (χ0v) is 16.0. The zero-order valence-electron chi connectivity index (χ0n) is 16.0. The highest BCUT2D eigenvalue weighted by Gasteiger charge is 2.34. The number of pyridine rings is 1. The molecule has 0 bridgehead atoms. The lowest BCUT2D eigenvalue weighted by Crippen LogP contribution is -2.43. The molecule has 0 unspecified atom stereocenters. The van der Waals surface area contributed by atoms with Gasteiger partial charge in [-0.2, -0.15) is 0 Å². The fraction of sp³-hybridized carbons (Fsp3) is 0.208. The number of benzene rings is 2. The summed E-state index contributed by atoms with van der Waals surface area (Å²) < 4.78 is 2.16. The topological polar surface area (TPSA) is 55.3 Å². The van der Waals surface area contributed by atoms with Crippen molar-refractivity contribution in [3.63, 3.8) is 0 Å². The Morgan fingerprint density at radius 2 is 1.71 bits per heavy atom. The molecule has 2 aromatic heterocycles. The number of nitrogens with two attached hydrogens (primary N) is 1. The van der Waals surface area contributed by atoms with Gasteiger partial charge in [0.05, 0.1) is 11.4 Å². The van der Waals surface area contributed by atoms with Crippen LogP contribution in [0.5, 0.6) is 0 Å². The SMILES string of the molecule is CNc1ccn2c(-c3ccccc3)c(-c3ccc(C4(N)CCC4)cc3)nc2c1. The quantitative estimate of drug-likeness (QED) is 0.530. The molecule has 0 radical (unpaired) electrons. The van der Waals surface area contributed by atoms with Crippen LogP contribution in [0.1, 0.15) is 24.8 Å². The van der Waals surface area contributed by atoms with Crippen LogP contribution in [0.2, 0.25) is 0 Å². The molecule has 1 aliphatic carbocycles. The standard InChI is InChI=1S/C24H24N4/c1-26-20-12-15-28-21(16-20)27-22(23(28)18-6-3-2-4-7-18)17-8-10-19(11-9-17)24(25)13-5-14-24/h2-4,6-12,15-16,26H,5,13-14,25H2,1H3. The highest BCUT2D eigenvalue weighted by Crippen LogP contribution is 2.40. The zero-order chi connectivity index (χ0) is 19.1. The first-order chi connectivity index (χ1) is 13.7. The average molecular weight is 368 g/mol. The van der Waals surface area contributed by atoms with Gasteiger partial charge in [0.1, 0.15) is 5.65 Å². The maximum Gasteiger partial charge on any atom is 0.140 e. The van der Waals surface area contributed by atoms with Crippen molar-refractivity contribution in [2.24, 2.45) is 5.73 Å². The second-order valence-corrected chi connectivity index (χ2v) is 7.66. The summed E-state index contributed by atoms with van der Waals surface area (Å²) in [5, 5.41) is 3.20. The lowest BCUT2D eigenvalue weighted by Gasteiger charge is -2.38. The highest BCUT2D eigenvalue weighted by molar-refractivity contribution is 5.82. The van der Waals surface area contributed by atoms with E-state index in [0.717, 1.165) is 46.7 Å². The molecule has 4 aromatic rings. The number of nitrogens with zero attached hydrogens (tertiary/aromatic N) is 2. The third kappa shape index (κ3) is 2.69. The second kappa shape index (κ2) is 6.50. The molecule has 4 nitrogen and oxygen atoms in total. The van der Waals surface area contributed by atoms with Crippen molar-refractivity contribution in [3.05, 3.63) is 78.5 Å². The van der Waals surface area contributed by atoms with Crippen molar-refractivity contribution in [1.82, 2.24) is 9.38 Å². The third-order valence-corrected chi connectivity index (χ3v) is 5.94. The van der Waals surface area contributed by atoms with E-state index in [-0.39, 0.29) is 5.54 Å². The van der Waals surface area contributed by atoms with Crippen LogP contribution in [0.4, 0.5) is 5.69 Å². The Kier molecular flexibility index (Phi) is 3.95. The average Bonchev–Trinajstić information content (AvgIpc) is 3.11. The number of fused-ring (bicyclic) bond motifs is 1. The number of aromatic nitrogens is 2. The van der Waals surface area contributed by atoms with E-state index in [0.29, 0.717) is 0 Å². The van der Waals surface area contributed by atoms with Crippen LogP contribution in [-0.2, 0) is 5.54 Å². The van der Waals surface area contributed by atoms with Crippen molar-refractivity contribution in [2.45, 2.75) is 24.8 Å². The summed E-state index contributed by atoms with van der Waals surface area (Å²) in [6.45, 7) is 0. The molecule has 4 heteroatoms. The largest absolute Gasteiger partial charge is 0.388 e. The van der Waals surface area contributed by atoms with Gasteiger partial charge in [-0.3, -0.25) is 4.40 Å². The van der Waals surface area contributed by atoms with Crippen molar-refractivity contribution in [2.75, 3.05) is 12.4 Å². The number of hydrogen-bond acceptors (Lipinski definition) is 3. The summed E-state index contributed by atoms with van der Waals surface area (Å²) in [7, 11) is 1.93. The number of hydrogen-bond donors (Lipinski definition) is 2. The summed E-state index contributed by atoms with van der Waals surface area (Å²) in [4.78, 5) is 4.99. The predicted molar refractivity (Wildman–Crippen MR) is 115 cm³/mol. The Bertz CT molecular complexity index is 1120. The van der Waals surface area contributed by atoms with Crippen LogP contribution in [0.3, 0.4) is 0 Å². The van der Waals surface area contributed by atoms with E-state index in [4.69, 9.17) is 10.7 Å². The Hall–Kier alpha value is -3.11. The van der Waals surface area contributed by atoms with Crippen molar-refractivity contribution in [1.29, 1.82) is 0 Å². The minimum Gasteiger partial charge on any atom is -0.388 e. The van der Waals surface area contributed by atoms with Gasteiger partial charge in [0, 0.05) is 41.7 Å². The van der Waals surface area contributed by atoms with Gasteiger partial charge in [-0.25, -0.2) is 4.98 Å². The molecule has 0 saturated heterocycles. The molecule has 28 heavy (non-hydrogen) atoms. The maximum atomic E-state index is 6.50. The minimum atomic E-state index is -0.138. The third-order valence-electron chi connectivity index (χ3n) is 5.94. The first-order valence-electron chi connectivity index (χ1n) is 9.83. The van der Waals surface area contributed by atoms with Gasteiger partial charge in [-0.1, -0.05) is 54.6 Å². The summed E-state index contributed by atoms with van der Waals surface area (Å²) in [5.74, 6) is 0. The smallest absolute Gasteiger partial charge is 0.140 e. The van der Waals surface area contributed by atoms with Gasteiger partial charge in [0.15, 0.2) is 0 Å². The number of nitrogens with one attached hydrogen (secondary N) is 1. The van der Waals surface area contributed by atoms with E-state index < -0.39 is 0 Å². The molecular weight excluding hydrogens is 344 g/mol.